The maximum absolute atomic E-state index is 8.54. The molecule has 1 saturated heterocycles. The SMILES string of the molecule is CC.OCCCN1CCOCC1.[Y]. The molecule has 0 aromatic heterocycles. The first kappa shape index (κ1) is 16.4. The normalized spacial score (nSPS) is 16.8. The second kappa shape index (κ2) is 13.0. The summed E-state index contributed by atoms with van der Waals surface area (Å²) in [5.41, 5.74) is 0. The van der Waals surface area contributed by atoms with E-state index in [0.717, 1.165) is 39.3 Å². The number of morpholine rings is 1. The summed E-state index contributed by atoms with van der Waals surface area (Å²) in [6, 6.07) is 0. The van der Waals surface area contributed by atoms with E-state index in [9.17, 15) is 0 Å². The molecule has 1 N–H and O–H groups in total. The number of aliphatic hydroxyl groups excluding tert-OH is 1. The van der Waals surface area contributed by atoms with Crippen molar-refractivity contribution in [3.63, 3.8) is 0 Å². The van der Waals surface area contributed by atoms with Gasteiger partial charge in [0.2, 0.25) is 0 Å². The average molecular weight is 264 g/mol. The summed E-state index contributed by atoms with van der Waals surface area (Å²) in [5.74, 6) is 0. The number of nitrogens with zero attached hydrogens (tertiary/aromatic N) is 1. The van der Waals surface area contributed by atoms with Crippen LogP contribution in [-0.4, -0.2) is 49.5 Å². The fourth-order valence-corrected chi connectivity index (χ4v) is 1.12. The van der Waals surface area contributed by atoms with E-state index in [0.29, 0.717) is 6.61 Å². The van der Waals surface area contributed by atoms with Gasteiger partial charge in [-0.1, -0.05) is 13.8 Å². The molecule has 3 nitrogen and oxygen atoms in total. The van der Waals surface area contributed by atoms with Crippen molar-refractivity contribution in [3.8, 4) is 0 Å². The van der Waals surface area contributed by atoms with Gasteiger partial charge in [0.1, 0.15) is 0 Å². The van der Waals surface area contributed by atoms with E-state index in [1.54, 1.807) is 0 Å². The van der Waals surface area contributed by atoms with E-state index in [2.05, 4.69) is 4.90 Å². The summed E-state index contributed by atoms with van der Waals surface area (Å²) in [6.07, 6.45) is 0.889. The van der Waals surface area contributed by atoms with E-state index in [1.807, 2.05) is 13.8 Å². The Morgan fingerprint density at radius 1 is 1.23 bits per heavy atom. The van der Waals surface area contributed by atoms with Crippen molar-refractivity contribution in [2.75, 3.05) is 39.5 Å². The summed E-state index contributed by atoms with van der Waals surface area (Å²) >= 11 is 0. The van der Waals surface area contributed by atoms with Crippen LogP contribution in [0.5, 0.6) is 0 Å². The van der Waals surface area contributed by atoms with Gasteiger partial charge in [0.05, 0.1) is 13.2 Å². The van der Waals surface area contributed by atoms with Crippen molar-refractivity contribution in [2.45, 2.75) is 20.3 Å². The van der Waals surface area contributed by atoms with Gasteiger partial charge in [-0.25, -0.2) is 0 Å². The first-order valence-corrected chi connectivity index (χ1v) is 4.84. The first-order valence-electron chi connectivity index (χ1n) is 4.84. The van der Waals surface area contributed by atoms with Crippen LogP contribution < -0.4 is 0 Å². The number of ether oxygens (including phenoxy) is 1. The van der Waals surface area contributed by atoms with E-state index < -0.39 is 0 Å². The molecule has 13 heavy (non-hydrogen) atoms. The van der Waals surface area contributed by atoms with Gasteiger partial charge in [-0.05, 0) is 6.42 Å². The fraction of sp³-hybridized carbons (Fsp3) is 1.00. The van der Waals surface area contributed by atoms with E-state index in [-0.39, 0.29) is 32.7 Å². The third kappa shape index (κ3) is 9.29. The minimum absolute atomic E-state index is 0. The molecule has 1 fully saturated rings. The summed E-state index contributed by atoms with van der Waals surface area (Å²) in [4.78, 5) is 2.32. The topological polar surface area (TPSA) is 32.7 Å². The zero-order chi connectivity index (χ0) is 9.23. The molecule has 1 heterocycles. The first-order chi connectivity index (χ1) is 5.93. The van der Waals surface area contributed by atoms with Crippen molar-refractivity contribution in [3.05, 3.63) is 0 Å². The Hall–Kier alpha value is 0.984. The van der Waals surface area contributed by atoms with Crippen LogP contribution in [0.15, 0.2) is 0 Å². The molecule has 1 aliphatic heterocycles. The van der Waals surface area contributed by atoms with Crippen molar-refractivity contribution < 1.29 is 42.6 Å². The van der Waals surface area contributed by atoms with Gasteiger partial charge >= 0.3 is 0 Å². The Kier molecular flexibility index (Phi) is 16.4. The Morgan fingerprint density at radius 2 is 1.77 bits per heavy atom. The number of hydrogen-bond donors (Lipinski definition) is 1. The Labute approximate surface area is 107 Å². The summed E-state index contributed by atoms with van der Waals surface area (Å²) in [5, 5.41) is 8.54. The van der Waals surface area contributed by atoms with Crippen LogP contribution in [0.4, 0.5) is 0 Å². The zero-order valence-electron chi connectivity index (χ0n) is 8.83. The Morgan fingerprint density at radius 3 is 2.23 bits per heavy atom. The second-order valence-corrected chi connectivity index (χ2v) is 2.53. The summed E-state index contributed by atoms with van der Waals surface area (Å²) in [7, 11) is 0. The van der Waals surface area contributed by atoms with Crippen LogP contribution in [-0.2, 0) is 37.4 Å². The standard InChI is InChI=1S/C7H15NO2.C2H6.Y/c9-5-1-2-8-3-6-10-7-4-8;1-2;/h9H,1-7H2;1-2H3;. The van der Waals surface area contributed by atoms with Gasteiger partial charge in [-0.2, -0.15) is 0 Å². The molecule has 0 bridgehead atoms. The van der Waals surface area contributed by atoms with Crippen molar-refractivity contribution >= 4 is 0 Å². The van der Waals surface area contributed by atoms with Gasteiger partial charge < -0.3 is 9.84 Å². The van der Waals surface area contributed by atoms with Crippen LogP contribution in [0.1, 0.15) is 20.3 Å². The smallest absolute Gasteiger partial charge is 0.0594 e. The van der Waals surface area contributed by atoms with Gasteiger partial charge in [0, 0.05) is 59.0 Å². The summed E-state index contributed by atoms with van der Waals surface area (Å²) < 4.78 is 5.18. The molecule has 1 aliphatic rings. The van der Waals surface area contributed by atoms with Gasteiger partial charge in [-0.3, -0.25) is 4.90 Å². The molecule has 0 saturated carbocycles. The van der Waals surface area contributed by atoms with Crippen LogP contribution in [0, 0.1) is 0 Å². The van der Waals surface area contributed by atoms with Crippen LogP contribution in [0.25, 0.3) is 0 Å². The molecular weight excluding hydrogens is 243 g/mol. The van der Waals surface area contributed by atoms with Crippen LogP contribution >= 0.6 is 0 Å². The van der Waals surface area contributed by atoms with Crippen molar-refractivity contribution in [2.24, 2.45) is 0 Å². The zero-order valence-corrected chi connectivity index (χ0v) is 11.7. The molecule has 0 atom stereocenters. The number of rotatable bonds is 3. The third-order valence-electron chi connectivity index (χ3n) is 1.74. The summed E-state index contributed by atoms with van der Waals surface area (Å²) in [6.45, 7) is 9.08. The Balaban J connectivity index is 0. The average Bonchev–Trinajstić information content (AvgIpc) is 2.19. The molecule has 0 aliphatic carbocycles. The largest absolute Gasteiger partial charge is 0.396 e. The molecule has 0 aromatic carbocycles. The molecule has 0 amide bonds. The molecule has 77 valence electrons. The molecule has 0 spiro atoms. The minimum Gasteiger partial charge on any atom is -0.396 e. The molecule has 1 rings (SSSR count). The number of aliphatic hydroxyl groups is 1. The van der Waals surface area contributed by atoms with E-state index in [4.69, 9.17) is 9.84 Å². The monoisotopic (exact) mass is 264 g/mol. The van der Waals surface area contributed by atoms with Crippen molar-refractivity contribution in [1.82, 2.24) is 4.90 Å². The molecule has 4 heteroatoms. The molecule has 0 aromatic rings. The second-order valence-electron chi connectivity index (χ2n) is 2.53. The van der Waals surface area contributed by atoms with E-state index >= 15 is 0 Å². The van der Waals surface area contributed by atoms with Gasteiger partial charge in [-0.15, -0.1) is 0 Å². The minimum atomic E-state index is 0. The van der Waals surface area contributed by atoms with Gasteiger partial charge in [0.15, 0.2) is 0 Å². The van der Waals surface area contributed by atoms with Crippen LogP contribution in [0.2, 0.25) is 0 Å². The van der Waals surface area contributed by atoms with Crippen molar-refractivity contribution in [1.29, 1.82) is 0 Å². The third-order valence-corrected chi connectivity index (χ3v) is 1.74. The Bertz CT molecular complexity index is 87.7. The van der Waals surface area contributed by atoms with Gasteiger partial charge in [0.25, 0.3) is 0 Å². The number of hydrogen-bond acceptors (Lipinski definition) is 3. The van der Waals surface area contributed by atoms with E-state index in [1.165, 1.54) is 0 Å². The van der Waals surface area contributed by atoms with Crippen LogP contribution in [0.3, 0.4) is 0 Å². The predicted molar refractivity (Wildman–Crippen MR) is 50.3 cm³/mol. The predicted octanol–water partition coefficient (Wildman–Crippen LogP) is 0.725. The molecule has 1 radical (unpaired) electrons. The maximum atomic E-state index is 8.54. The fourth-order valence-electron chi connectivity index (χ4n) is 1.12. The molecule has 0 unspecified atom stereocenters. The quantitative estimate of drug-likeness (QED) is 0.815. The maximum Gasteiger partial charge on any atom is 0.0594 e. The molecular formula is C9H21NO2Y.